The first-order valence-electron chi connectivity index (χ1n) is 9.48. The molecule has 11 heteroatoms. The van der Waals surface area contributed by atoms with Crippen LogP contribution in [0, 0.1) is 5.82 Å². The van der Waals surface area contributed by atoms with E-state index in [1.54, 1.807) is 24.3 Å². The van der Waals surface area contributed by atoms with E-state index in [9.17, 15) is 18.8 Å². The number of carbonyl (C=O) groups is 2. The van der Waals surface area contributed by atoms with Crippen molar-refractivity contribution in [1.29, 1.82) is 0 Å². The summed E-state index contributed by atoms with van der Waals surface area (Å²) < 4.78 is 18.2. The van der Waals surface area contributed by atoms with Gasteiger partial charge in [0.25, 0.3) is 11.5 Å². The molecular weight excluding hydrogens is 437 g/mol. The number of amides is 2. The fourth-order valence-electron chi connectivity index (χ4n) is 2.58. The summed E-state index contributed by atoms with van der Waals surface area (Å²) in [5.74, 6) is -0.967. The largest absolute Gasteiger partial charge is 0.494 e. The van der Waals surface area contributed by atoms with Crippen molar-refractivity contribution in [2.45, 2.75) is 12.1 Å². The van der Waals surface area contributed by atoms with E-state index >= 15 is 0 Å². The molecule has 0 saturated carbocycles. The average Bonchev–Trinajstić information content (AvgIpc) is 2.77. The molecule has 2 aromatic carbocycles. The summed E-state index contributed by atoms with van der Waals surface area (Å²) in [5, 5.41) is 5.15. The van der Waals surface area contributed by atoms with E-state index in [-0.39, 0.29) is 28.3 Å². The van der Waals surface area contributed by atoms with Gasteiger partial charge in [0.15, 0.2) is 11.0 Å². The van der Waals surface area contributed by atoms with Gasteiger partial charge in [0.05, 0.1) is 12.4 Å². The van der Waals surface area contributed by atoms with Crippen molar-refractivity contribution in [3.8, 4) is 5.75 Å². The molecular formula is C21H20FN5O4S. The first-order chi connectivity index (χ1) is 15.4. The average molecular weight is 457 g/mol. The van der Waals surface area contributed by atoms with Crippen LogP contribution in [0.4, 0.5) is 21.6 Å². The Kier molecular flexibility index (Phi) is 7.45. The van der Waals surface area contributed by atoms with Crippen molar-refractivity contribution < 1.29 is 18.7 Å². The number of rotatable bonds is 8. The van der Waals surface area contributed by atoms with Crippen LogP contribution in [0.15, 0.2) is 58.5 Å². The number of H-pyrrole nitrogens is 1. The summed E-state index contributed by atoms with van der Waals surface area (Å²) in [6, 6.07) is 11.7. The maximum absolute atomic E-state index is 12.9. The second kappa shape index (κ2) is 10.4. The van der Waals surface area contributed by atoms with Crippen molar-refractivity contribution in [2.24, 2.45) is 0 Å². The molecule has 3 aromatic rings. The van der Waals surface area contributed by atoms with Crippen molar-refractivity contribution in [1.82, 2.24) is 9.97 Å². The summed E-state index contributed by atoms with van der Waals surface area (Å²) in [4.78, 5) is 43.3. The number of aromatic nitrogens is 2. The van der Waals surface area contributed by atoms with Crippen LogP contribution < -0.4 is 26.7 Å². The minimum atomic E-state index is -0.654. The van der Waals surface area contributed by atoms with E-state index in [0.717, 1.165) is 11.8 Å². The zero-order chi connectivity index (χ0) is 23.1. The molecule has 1 aromatic heterocycles. The monoisotopic (exact) mass is 457 g/mol. The highest BCUT2D eigenvalue weighted by Gasteiger charge is 2.15. The van der Waals surface area contributed by atoms with Crippen LogP contribution in [-0.4, -0.2) is 34.1 Å². The van der Waals surface area contributed by atoms with Gasteiger partial charge in [-0.25, -0.2) is 9.37 Å². The number of ether oxygens (including phenoxy) is 1. The van der Waals surface area contributed by atoms with Crippen molar-refractivity contribution >= 4 is 40.8 Å². The minimum Gasteiger partial charge on any atom is -0.494 e. The topological polar surface area (TPSA) is 139 Å². The van der Waals surface area contributed by atoms with Gasteiger partial charge in [0, 0.05) is 11.3 Å². The molecule has 0 aliphatic rings. The highest BCUT2D eigenvalue weighted by molar-refractivity contribution is 7.99. The Labute approximate surface area is 186 Å². The number of nitrogens with two attached hydrogens (primary N) is 1. The lowest BCUT2D eigenvalue weighted by atomic mass is 10.2. The summed E-state index contributed by atoms with van der Waals surface area (Å²) in [6.07, 6.45) is 0. The number of thioether (sulfide) groups is 1. The van der Waals surface area contributed by atoms with Crippen LogP contribution in [0.1, 0.15) is 17.3 Å². The third-order valence-electron chi connectivity index (χ3n) is 4.06. The van der Waals surface area contributed by atoms with Crippen molar-refractivity contribution in [3.05, 3.63) is 70.3 Å². The van der Waals surface area contributed by atoms with Gasteiger partial charge in [-0.1, -0.05) is 11.8 Å². The minimum absolute atomic E-state index is 0.0718. The summed E-state index contributed by atoms with van der Waals surface area (Å²) in [6.45, 7) is 2.35. The summed E-state index contributed by atoms with van der Waals surface area (Å²) in [7, 11) is 0. The highest BCUT2D eigenvalue weighted by atomic mass is 32.2. The number of halogens is 1. The standard InChI is InChI=1S/C21H20FN5O4S/c1-2-31-15-9-3-12(4-10-15)19(29)25-17-18(23)26-21(27-20(17)30)32-11-16(28)24-14-7-5-13(22)6-8-14/h3-10H,2,11H2,1H3,(H,24,28)(H,25,29)(H3,23,26,27,30). The van der Waals surface area contributed by atoms with Crippen LogP contribution >= 0.6 is 11.8 Å². The number of anilines is 3. The molecule has 9 nitrogen and oxygen atoms in total. The first kappa shape index (κ1) is 22.8. The van der Waals surface area contributed by atoms with E-state index in [0.29, 0.717) is 23.6 Å². The number of aromatic amines is 1. The fraction of sp³-hybridized carbons (Fsp3) is 0.143. The number of hydrogen-bond acceptors (Lipinski definition) is 7. The molecule has 0 unspecified atom stereocenters. The summed E-state index contributed by atoms with van der Waals surface area (Å²) >= 11 is 0.950. The van der Waals surface area contributed by atoms with Crippen LogP contribution in [0.5, 0.6) is 5.75 Å². The van der Waals surface area contributed by atoms with Gasteiger partial charge in [0.2, 0.25) is 5.91 Å². The molecule has 0 bridgehead atoms. The molecule has 0 aliphatic heterocycles. The molecule has 5 N–H and O–H groups in total. The number of benzene rings is 2. The number of nitrogens with one attached hydrogen (secondary N) is 3. The van der Waals surface area contributed by atoms with E-state index in [2.05, 4.69) is 20.6 Å². The molecule has 2 amide bonds. The van der Waals surface area contributed by atoms with E-state index < -0.39 is 17.3 Å². The zero-order valence-electron chi connectivity index (χ0n) is 17.0. The Balaban J connectivity index is 1.61. The lowest BCUT2D eigenvalue weighted by Crippen LogP contribution is -2.23. The second-order valence-electron chi connectivity index (χ2n) is 6.39. The smallest absolute Gasteiger partial charge is 0.277 e. The summed E-state index contributed by atoms with van der Waals surface area (Å²) in [5.41, 5.74) is 5.74. The van der Waals surface area contributed by atoms with Gasteiger partial charge in [-0.15, -0.1) is 0 Å². The molecule has 0 atom stereocenters. The fourth-order valence-corrected chi connectivity index (χ4v) is 3.25. The van der Waals surface area contributed by atoms with Crippen LogP contribution in [0.3, 0.4) is 0 Å². The highest BCUT2D eigenvalue weighted by Crippen LogP contribution is 2.19. The van der Waals surface area contributed by atoms with E-state index in [1.165, 1.54) is 24.3 Å². The molecule has 0 aliphatic carbocycles. The van der Waals surface area contributed by atoms with Crippen LogP contribution in [0.25, 0.3) is 0 Å². The maximum Gasteiger partial charge on any atom is 0.277 e. The number of nitrogen functional groups attached to an aromatic ring is 1. The maximum atomic E-state index is 12.9. The van der Waals surface area contributed by atoms with Gasteiger partial charge in [-0.05, 0) is 55.5 Å². The lowest BCUT2D eigenvalue weighted by Gasteiger charge is -2.09. The zero-order valence-corrected chi connectivity index (χ0v) is 17.8. The van der Waals surface area contributed by atoms with Gasteiger partial charge in [0.1, 0.15) is 17.3 Å². The molecule has 0 fully saturated rings. The van der Waals surface area contributed by atoms with Gasteiger partial charge in [-0.2, -0.15) is 0 Å². The Bertz CT molecular complexity index is 1170. The molecule has 0 spiro atoms. The molecule has 3 rings (SSSR count). The van der Waals surface area contributed by atoms with Gasteiger partial charge in [-0.3, -0.25) is 19.4 Å². The van der Waals surface area contributed by atoms with Crippen molar-refractivity contribution in [2.75, 3.05) is 28.7 Å². The predicted molar refractivity (Wildman–Crippen MR) is 121 cm³/mol. The second-order valence-corrected chi connectivity index (χ2v) is 7.35. The molecule has 0 saturated heterocycles. The van der Waals surface area contributed by atoms with Gasteiger partial charge < -0.3 is 21.1 Å². The first-order valence-corrected chi connectivity index (χ1v) is 10.5. The Morgan fingerprint density at radius 1 is 1.12 bits per heavy atom. The van der Waals surface area contributed by atoms with Crippen LogP contribution in [0.2, 0.25) is 0 Å². The lowest BCUT2D eigenvalue weighted by molar-refractivity contribution is -0.113. The number of hydrogen-bond donors (Lipinski definition) is 4. The van der Waals surface area contributed by atoms with E-state index in [1.807, 2.05) is 6.92 Å². The Morgan fingerprint density at radius 2 is 1.81 bits per heavy atom. The Morgan fingerprint density at radius 3 is 2.44 bits per heavy atom. The quantitative estimate of drug-likeness (QED) is 0.301. The van der Waals surface area contributed by atoms with Crippen LogP contribution in [-0.2, 0) is 4.79 Å². The predicted octanol–water partition coefficient (Wildman–Crippen LogP) is 2.87. The van der Waals surface area contributed by atoms with Gasteiger partial charge >= 0.3 is 0 Å². The third kappa shape index (κ3) is 6.08. The molecule has 32 heavy (non-hydrogen) atoms. The SMILES string of the molecule is CCOc1ccc(C(=O)Nc2c(N)nc(SCC(=O)Nc3ccc(F)cc3)[nH]c2=O)cc1. The normalized spacial score (nSPS) is 10.4. The third-order valence-corrected chi connectivity index (χ3v) is 4.93. The number of nitrogens with zero attached hydrogens (tertiary/aromatic N) is 1. The molecule has 1 heterocycles. The molecule has 0 radical (unpaired) electrons. The van der Waals surface area contributed by atoms with E-state index in [4.69, 9.17) is 10.5 Å². The number of carbonyl (C=O) groups excluding carboxylic acids is 2. The molecule has 166 valence electrons. The van der Waals surface area contributed by atoms with Crippen molar-refractivity contribution in [3.63, 3.8) is 0 Å². The Hall–Kier alpha value is -3.86.